The molecule has 1 aliphatic rings. The van der Waals surface area contributed by atoms with Gasteiger partial charge in [0.2, 0.25) is 5.43 Å². The molecule has 0 amide bonds. The molecule has 1 aliphatic heterocycles. The average molecular weight is 533 g/mol. The van der Waals surface area contributed by atoms with E-state index in [0.717, 1.165) is 5.56 Å². The minimum absolute atomic E-state index is 0.0175. The Morgan fingerprint density at radius 3 is 2.44 bits per heavy atom. The second-order valence-electron chi connectivity index (χ2n) is 8.72. The van der Waals surface area contributed by atoms with Crippen molar-refractivity contribution in [1.82, 2.24) is 0 Å². The lowest BCUT2D eigenvalue weighted by molar-refractivity contribution is -0.143. The Morgan fingerprint density at radius 2 is 1.74 bits per heavy atom. The third-order valence-electron chi connectivity index (χ3n) is 6.53. The molecule has 1 aromatic heterocycles. The Bertz CT molecular complexity index is 1640. The van der Waals surface area contributed by atoms with E-state index in [4.69, 9.17) is 23.4 Å². The molecular weight excluding hydrogens is 508 g/mol. The lowest BCUT2D eigenvalue weighted by Crippen LogP contribution is -2.22. The van der Waals surface area contributed by atoms with Crippen molar-refractivity contribution in [1.29, 1.82) is 0 Å². The predicted molar refractivity (Wildman–Crippen MR) is 139 cm³/mol. The third-order valence-corrected chi connectivity index (χ3v) is 6.53. The van der Waals surface area contributed by atoms with Crippen molar-refractivity contribution < 1.29 is 42.8 Å². The minimum Gasteiger partial charge on any atom is -0.507 e. The zero-order valence-corrected chi connectivity index (χ0v) is 21.3. The molecule has 1 atom stereocenters. The highest BCUT2D eigenvalue weighted by Crippen LogP contribution is 2.46. The molecule has 0 bridgehead atoms. The van der Waals surface area contributed by atoms with Crippen LogP contribution in [0.1, 0.15) is 23.5 Å². The van der Waals surface area contributed by atoms with Crippen LogP contribution < -0.4 is 24.4 Å². The second-order valence-corrected chi connectivity index (χ2v) is 8.72. The van der Waals surface area contributed by atoms with Crippen LogP contribution in [0.25, 0.3) is 22.1 Å². The normalized spacial score (nSPS) is 14.3. The summed E-state index contributed by atoms with van der Waals surface area (Å²) in [6.07, 6.45) is 1.29. The number of carbonyl (C=O) groups excluding carboxylic acids is 2. The number of ether oxygens (including phenoxy) is 5. The van der Waals surface area contributed by atoms with Gasteiger partial charge in [-0.3, -0.25) is 9.59 Å². The van der Waals surface area contributed by atoms with Crippen molar-refractivity contribution >= 4 is 22.9 Å². The lowest BCUT2D eigenvalue weighted by Gasteiger charge is -2.26. The number of hydrogen-bond donors (Lipinski definition) is 1. The van der Waals surface area contributed by atoms with Crippen molar-refractivity contribution in [3.05, 3.63) is 76.1 Å². The molecule has 2 heterocycles. The first-order chi connectivity index (χ1) is 18.8. The zero-order valence-electron chi connectivity index (χ0n) is 21.3. The van der Waals surface area contributed by atoms with Gasteiger partial charge in [-0.05, 0) is 35.4 Å². The maximum Gasteiger partial charge on any atom is 0.343 e. The number of esters is 2. The number of phenols is 1. The van der Waals surface area contributed by atoms with Crippen LogP contribution in [0.15, 0.2) is 64.0 Å². The summed E-state index contributed by atoms with van der Waals surface area (Å²) in [5.74, 6) is -0.462. The molecule has 0 fully saturated rings. The summed E-state index contributed by atoms with van der Waals surface area (Å²) in [6.45, 7) is -0.244. The number of aromatic hydroxyl groups is 1. The first kappa shape index (κ1) is 25.7. The van der Waals surface area contributed by atoms with E-state index in [0.29, 0.717) is 28.4 Å². The Kier molecular flexibility index (Phi) is 6.84. The van der Waals surface area contributed by atoms with E-state index < -0.39 is 23.3 Å². The van der Waals surface area contributed by atoms with E-state index in [-0.39, 0.29) is 41.1 Å². The molecule has 0 aliphatic carbocycles. The topological polar surface area (TPSA) is 131 Å². The molecule has 200 valence electrons. The minimum atomic E-state index is -0.533. The van der Waals surface area contributed by atoms with Gasteiger partial charge in [0.15, 0.2) is 18.1 Å². The number of benzene rings is 3. The molecule has 0 saturated heterocycles. The molecule has 0 radical (unpaired) electrons. The second kappa shape index (κ2) is 10.4. The molecule has 10 heteroatoms. The lowest BCUT2D eigenvalue weighted by atomic mass is 9.85. The molecule has 0 saturated carbocycles. The molecule has 5 rings (SSSR count). The summed E-state index contributed by atoms with van der Waals surface area (Å²) >= 11 is 0. The fraction of sp³-hybridized carbons (Fsp3) is 0.207. The average Bonchev–Trinajstić information content (AvgIpc) is 2.95. The van der Waals surface area contributed by atoms with E-state index in [2.05, 4.69) is 4.74 Å². The summed E-state index contributed by atoms with van der Waals surface area (Å²) in [5, 5.41) is 10.8. The third kappa shape index (κ3) is 4.72. The molecule has 4 aromatic rings. The summed E-state index contributed by atoms with van der Waals surface area (Å²) in [5.41, 5.74) is 1.54. The monoisotopic (exact) mass is 532 g/mol. The van der Waals surface area contributed by atoms with Crippen molar-refractivity contribution in [3.63, 3.8) is 0 Å². The maximum atomic E-state index is 13.6. The Morgan fingerprint density at radius 1 is 1.00 bits per heavy atom. The summed E-state index contributed by atoms with van der Waals surface area (Å²) < 4.78 is 32.0. The van der Waals surface area contributed by atoms with Gasteiger partial charge in [0.25, 0.3) is 0 Å². The van der Waals surface area contributed by atoms with Crippen LogP contribution >= 0.6 is 0 Å². The van der Waals surface area contributed by atoms with Crippen LogP contribution in [0, 0.1) is 0 Å². The van der Waals surface area contributed by atoms with E-state index in [9.17, 15) is 19.5 Å². The van der Waals surface area contributed by atoms with Gasteiger partial charge in [-0.1, -0.05) is 18.2 Å². The standard InChI is InChI=1S/C29H24O10/c1-34-21-9-6-16(10-22(21)35-2)19-13-38-29-26-18(15-4-7-17(8-5-15)37-14-25(32)36-3)11-24(31)39-23(26)12-20(30)27(29)28(19)33/h4-10,12-13,18,30H,11,14H2,1-3H3. The van der Waals surface area contributed by atoms with E-state index in [1.807, 2.05) is 0 Å². The number of rotatable bonds is 7. The van der Waals surface area contributed by atoms with Gasteiger partial charge in [0.05, 0.1) is 33.3 Å². The molecule has 3 aromatic carbocycles. The summed E-state index contributed by atoms with van der Waals surface area (Å²) in [6, 6.07) is 13.0. The van der Waals surface area contributed by atoms with Gasteiger partial charge < -0.3 is 33.2 Å². The van der Waals surface area contributed by atoms with Crippen LogP contribution in [0.4, 0.5) is 0 Å². The number of methoxy groups -OCH3 is 3. The predicted octanol–water partition coefficient (Wildman–Crippen LogP) is 4.18. The van der Waals surface area contributed by atoms with Crippen LogP contribution in [0.3, 0.4) is 0 Å². The van der Waals surface area contributed by atoms with Crippen LogP contribution in [0.2, 0.25) is 0 Å². The highest BCUT2D eigenvalue weighted by atomic mass is 16.6. The van der Waals surface area contributed by atoms with Gasteiger partial charge in [0, 0.05) is 17.5 Å². The number of hydrogen-bond acceptors (Lipinski definition) is 10. The van der Waals surface area contributed by atoms with Crippen molar-refractivity contribution in [2.45, 2.75) is 12.3 Å². The van der Waals surface area contributed by atoms with Gasteiger partial charge in [-0.2, -0.15) is 0 Å². The van der Waals surface area contributed by atoms with Crippen LogP contribution in [-0.2, 0) is 14.3 Å². The van der Waals surface area contributed by atoms with Crippen molar-refractivity contribution in [3.8, 4) is 39.9 Å². The fourth-order valence-corrected chi connectivity index (χ4v) is 4.62. The Labute approximate surface area is 222 Å². The SMILES string of the molecule is COC(=O)COc1ccc(C2CC(=O)Oc3cc(O)c4c(=O)c(-c5ccc(OC)c(OC)c5)coc4c32)cc1. The molecular formula is C29H24O10. The molecule has 1 unspecified atom stereocenters. The maximum absolute atomic E-state index is 13.6. The largest absolute Gasteiger partial charge is 0.507 e. The number of carbonyl (C=O) groups is 2. The molecule has 1 N–H and O–H groups in total. The van der Waals surface area contributed by atoms with Gasteiger partial charge in [-0.15, -0.1) is 0 Å². The first-order valence-corrected chi connectivity index (χ1v) is 11.9. The molecule has 10 nitrogen and oxygen atoms in total. The fourth-order valence-electron chi connectivity index (χ4n) is 4.62. The highest BCUT2D eigenvalue weighted by molar-refractivity contribution is 5.94. The molecule has 0 spiro atoms. The smallest absolute Gasteiger partial charge is 0.343 e. The highest BCUT2D eigenvalue weighted by Gasteiger charge is 2.33. The van der Waals surface area contributed by atoms with Gasteiger partial charge in [0.1, 0.15) is 34.5 Å². The Balaban J connectivity index is 1.60. The summed E-state index contributed by atoms with van der Waals surface area (Å²) in [7, 11) is 4.27. The van der Waals surface area contributed by atoms with Crippen LogP contribution in [-0.4, -0.2) is 45.0 Å². The molecule has 39 heavy (non-hydrogen) atoms. The van der Waals surface area contributed by atoms with E-state index in [1.165, 1.54) is 33.7 Å². The summed E-state index contributed by atoms with van der Waals surface area (Å²) in [4.78, 5) is 37.5. The Hall–Kier alpha value is -4.99. The first-order valence-electron chi connectivity index (χ1n) is 11.9. The quantitative estimate of drug-likeness (QED) is 0.273. The zero-order chi connectivity index (χ0) is 27.7. The van der Waals surface area contributed by atoms with Crippen molar-refractivity contribution in [2.24, 2.45) is 0 Å². The van der Waals surface area contributed by atoms with Gasteiger partial charge >= 0.3 is 11.9 Å². The van der Waals surface area contributed by atoms with E-state index >= 15 is 0 Å². The van der Waals surface area contributed by atoms with Crippen molar-refractivity contribution in [2.75, 3.05) is 27.9 Å². The van der Waals surface area contributed by atoms with Crippen LogP contribution in [0.5, 0.6) is 28.7 Å². The number of phenolic OH excluding ortho intramolecular Hbond substituents is 1. The van der Waals surface area contributed by atoms with E-state index in [1.54, 1.807) is 42.5 Å². The van der Waals surface area contributed by atoms with Gasteiger partial charge in [-0.25, -0.2) is 4.79 Å². The number of fused-ring (bicyclic) bond motifs is 3.